The van der Waals surface area contributed by atoms with Gasteiger partial charge < -0.3 is 4.90 Å². The van der Waals surface area contributed by atoms with Crippen molar-refractivity contribution in [1.82, 2.24) is 19.7 Å². The predicted molar refractivity (Wildman–Crippen MR) is 79.2 cm³/mol. The van der Waals surface area contributed by atoms with Crippen molar-refractivity contribution in [1.29, 1.82) is 0 Å². The highest BCUT2D eigenvalue weighted by atomic mass is 35.5. The normalized spacial score (nSPS) is 19.1. The van der Waals surface area contributed by atoms with Gasteiger partial charge in [0, 0.05) is 25.8 Å². The zero-order valence-electron chi connectivity index (χ0n) is 12.2. The lowest BCUT2D eigenvalue weighted by Gasteiger charge is -2.34. The van der Waals surface area contributed by atoms with E-state index in [1.807, 2.05) is 4.90 Å². The van der Waals surface area contributed by atoms with E-state index in [2.05, 4.69) is 15.1 Å². The van der Waals surface area contributed by atoms with E-state index in [0.29, 0.717) is 18.3 Å². The van der Waals surface area contributed by atoms with Crippen LogP contribution in [-0.4, -0.2) is 32.8 Å². The summed E-state index contributed by atoms with van der Waals surface area (Å²) in [6.07, 6.45) is 1.49. The highest BCUT2D eigenvalue weighted by Gasteiger charge is 2.32. The number of hydrogen-bond donors (Lipinski definition) is 0. The minimum atomic E-state index is -4.44. The van der Waals surface area contributed by atoms with Crippen molar-refractivity contribution in [3.05, 3.63) is 35.5 Å². The molecule has 0 unspecified atom stereocenters. The van der Waals surface area contributed by atoms with E-state index in [9.17, 15) is 13.2 Å². The molecular formula is C14H15ClF3N5. The standard InChI is InChI=1S/C14H15ClF3N5/c15-12-4-11(14(16,17)18)5-20-13(12)22-3-1-2-10(6-22)7-23-9-19-8-21-23/h4-5,8-10H,1-3,6-7H2/t10-/m0/s1. The van der Waals surface area contributed by atoms with Crippen LogP contribution in [-0.2, 0) is 12.7 Å². The highest BCUT2D eigenvalue weighted by molar-refractivity contribution is 6.33. The topological polar surface area (TPSA) is 46.8 Å². The summed E-state index contributed by atoms with van der Waals surface area (Å²) >= 11 is 6.03. The number of piperidine rings is 1. The van der Waals surface area contributed by atoms with Gasteiger partial charge >= 0.3 is 6.18 Å². The maximum Gasteiger partial charge on any atom is 0.417 e. The minimum absolute atomic E-state index is 0.0289. The van der Waals surface area contributed by atoms with Gasteiger partial charge in [-0.15, -0.1) is 0 Å². The second kappa shape index (κ2) is 6.35. The summed E-state index contributed by atoms with van der Waals surface area (Å²) in [5, 5.41) is 4.11. The van der Waals surface area contributed by atoms with Gasteiger partial charge in [0.05, 0.1) is 10.6 Å². The molecule has 2 aromatic heterocycles. The van der Waals surface area contributed by atoms with Gasteiger partial charge in [0.25, 0.3) is 0 Å². The molecule has 0 amide bonds. The van der Waals surface area contributed by atoms with Crippen molar-refractivity contribution in [2.45, 2.75) is 25.6 Å². The Hall–Kier alpha value is -1.83. The first-order valence-corrected chi connectivity index (χ1v) is 7.61. The average Bonchev–Trinajstić information content (AvgIpc) is 2.99. The second-order valence-electron chi connectivity index (χ2n) is 5.60. The van der Waals surface area contributed by atoms with Crippen LogP contribution in [0.2, 0.25) is 5.02 Å². The molecular weight excluding hydrogens is 331 g/mol. The number of pyridine rings is 1. The van der Waals surface area contributed by atoms with Crippen molar-refractivity contribution in [2.24, 2.45) is 5.92 Å². The Kier molecular flexibility index (Phi) is 4.43. The first-order chi connectivity index (χ1) is 10.9. The van der Waals surface area contributed by atoms with E-state index in [0.717, 1.165) is 38.2 Å². The first kappa shape index (κ1) is 16.0. The summed E-state index contributed by atoms with van der Waals surface area (Å²) in [6.45, 7) is 2.12. The monoisotopic (exact) mass is 345 g/mol. The molecule has 1 fully saturated rings. The van der Waals surface area contributed by atoms with E-state index < -0.39 is 11.7 Å². The van der Waals surface area contributed by atoms with E-state index >= 15 is 0 Å². The third-order valence-electron chi connectivity index (χ3n) is 3.88. The summed E-state index contributed by atoms with van der Waals surface area (Å²) in [7, 11) is 0. The number of nitrogens with zero attached hydrogens (tertiary/aromatic N) is 5. The number of aromatic nitrogens is 4. The molecule has 0 bridgehead atoms. The largest absolute Gasteiger partial charge is 0.417 e. The molecule has 0 aliphatic carbocycles. The van der Waals surface area contributed by atoms with Gasteiger partial charge in [-0.3, -0.25) is 4.68 Å². The van der Waals surface area contributed by atoms with Gasteiger partial charge in [-0.05, 0) is 24.8 Å². The number of hydrogen-bond acceptors (Lipinski definition) is 4. The molecule has 0 saturated carbocycles. The molecule has 0 N–H and O–H groups in total. The van der Waals surface area contributed by atoms with Gasteiger partial charge in [0.2, 0.25) is 0 Å². The molecule has 3 rings (SSSR count). The molecule has 1 aliphatic rings. The first-order valence-electron chi connectivity index (χ1n) is 7.23. The van der Waals surface area contributed by atoms with Crippen molar-refractivity contribution in [3.63, 3.8) is 0 Å². The van der Waals surface area contributed by atoms with Crippen LogP contribution >= 0.6 is 11.6 Å². The molecule has 1 aliphatic heterocycles. The van der Waals surface area contributed by atoms with Crippen LogP contribution in [0.15, 0.2) is 24.9 Å². The maximum absolute atomic E-state index is 12.7. The second-order valence-corrected chi connectivity index (χ2v) is 6.01. The third kappa shape index (κ3) is 3.74. The van der Waals surface area contributed by atoms with Crippen molar-refractivity contribution in [3.8, 4) is 0 Å². The van der Waals surface area contributed by atoms with E-state index in [1.165, 1.54) is 6.33 Å². The Labute approximate surface area is 136 Å². The summed E-state index contributed by atoms with van der Waals surface area (Å²) in [5.41, 5.74) is -0.831. The lowest BCUT2D eigenvalue weighted by molar-refractivity contribution is -0.137. The van der Waals surface area contributed by atoms with Crippen LogP contribution in [0.1, 0.15) is 18.4 Å². The van der Waals surface area contributed by atoms with Crippen molar-refractivity contribution in [2.75, 3.05) is 18.0 Å². The number of halogens is 4. The molecule has 9 heteroatoms. The van der Waals surface area contributed by atoms with Gasteiger partial charge in [0.1, 0.15) is 18.5 Å². The lowest BCUT2D eigenvalue weighted by atomic mass is 9.98. The van der Waals surface area contributed by atoms with Crippen LogP contribution in [0, 0.1) is 5.92 Å². The van der Waals surface area contributed by atoms with Crippen LogP contribution in [0.4, 0.5) is 19.0 Å². The SMILES string of the molecule is FC(F)(F)c1cnc(N2CCC[C@H](Cn3cncn3)C2)c(Cl)c1. The van der Waals surface area contributed by atoms with Crippen molar-refractivity contribution < 1.29 is 13.2 Å². The number of rotatable bonds is 3. The molecule has 0 radical (unpaired) electrons. The molecule has 124 valence electrons. The summed E-state index contributed by atoms with van der Waals surface area (Å²) in [5.74, 6) is 0.730. The zero-order valence-corrected chi connectivity index (χ0v) is 12.9. The van der Waals surface area contributed by atoms with Gasteiger partial charge in [-0.25, -0.2) is 9.97 Å². The lowest BCUT2D eigenvalue weighted by Crippen LogP contribution is -2.37. The Morgan fingerprint density at radius 2 is 2.17 bits per heavy atom. The number of anilines is 1. The molecule has 1 saturated heterocycles. The van der Waals surface area contributed by atoms with Crippen LogP contribution in [0.3, 0.4) is 0 Å². The summed E-state index contributed by atoms with van der Waals surface area (Å²) < 4.78 is 39.8. The predicted octanol–water partition coefficient (Wildman–Crippen LogP) is 3.26. The smallest absolute Gasteiger partial charge is 0.355 e. The van der Waals surface area contributed by atoms with Crippen LogP contribution < -0.4 is 4.90 Å². The molecule has 1 atom stereocenters. The Morgan fingerprint density at radius 3 is 2.83 bits per heavy atom. The molecule has 0 aromatic carbocycles. The zero-order chi connectivity index (χ0) is 16.4. The highest BCUT2D eigenvalue weighted by Crippen LogP contribution is 2.34. The number of alkyl halides is 3. The van der Waals surface area contributed by atoms with E-state index in [-0.39, 0.29) is 5.02 Å². The summed E-state index contributed by atoms with van der Waals surface area (Å²) in [4.78, 5) is 9.79. The minimum Gasteiger partial charge on any atom is -0.355 e. The van der Waals surface area contributed by atoms with E-state index in [4.69, 9.17) is 11.6 Å². The average molecular weight is 346 g/mol. The van der Waals surface area contributed by atoms with Gasteiger partial charge in [0.15, 0.2) is 0 Å². The quantitative estimate of drug-likeness (QED) is 0.856. The van der Waals surface area contributed by atoms with Gasteiger partial charge in [-0.2, -0.15) is 18.3 Å². The molecule has 23 heavy (non-hydrogen) atoms. The van der Waals surface area contributed by atoms with Gasteiger partial charge in [-0.1, -0.05) is 11.6 Å². The molecule has 3 heterocycles. The third-order valence-corrected chi connectivity index (χ3v) is 4.16. The Morgan fingerprint density at radius 1 is 1.35 bits per heavy atom. The van der Waals surface area contributed by atoms with Crippen LogP contribution in [0.5, 0.6) is 0 Å². The molecule has 2 aromatic rings. The fourth-order valence-corrected chi connectivity index (χ4v) is 3.10. The molecule has 5 nitrogen and oxygen atoms in total. The maximum atomic E-state index is 12.7. The summed E-state index contributed by atoms with van der Waals surface area (Å²) in [6, 6.07) is 0.935. The molecule has 0 spiro atoms. The van der Waals surface area contributed by atoms with Crippen molar-refractivity contribution >= 4 is 17.4 Å². The Balaban J connectivity index is 1.73. The fraction of sp³-hybridized carbons (Fsp3) is 0.500. The fourth-order valence-electron chi connectivity index (χ4n) is 2.82. The Bertz CT molecular complexity index is 659. The van der Waals surface area contributed by atoms with Crippen LogP contribution in [0.25, 0.3) is 0 Å². The van der Waals surface area contributed by atoms with E-state index in [1.54, 1.807) is 11.0 Å².